The largest absolute Gasteiger partial charge is 0.497 e. The van der Waals surface area contributed by atoms with Gasteiger partial charge in [-0.15, -0.1) is 0 Å². The molecule has 1 aromatic carbocycles. The fourth-order valence-corrected chi connectivity index (χ4v) is 2.82. The van der Waals surface area contributed by atoms with Crippen molar-refractivity contribution in [2.75, 3.05) is 20.2 Å². The third-order valence-corrected chi connectivity index (χ3v) is 3.88. The first kappa shape index (κ1) is 10.1. The van der Waals surface area contributed by atoms with Gasteiger partial charge in [0.2, 0.25) is 0 Å². The van der Waals surface area contributed by atoms with Crippen molar-refractivity contribution >= 4 is 0 Å². The molecule has 2 aliphatic rings. The van der Waals surface area contributed by atoms with Gasteiger partial charge in [0.15, 0.2) is 0 Å². The molecule has 2 atom stereocenters. The molecule has 1 saturated heterocycles. The summed E-state index contributed by atoms with van der Waals surface area (Å²) in [6, 6.07) is 8.80. The van der Waals surface area contributed by atoms with Crippen LogP contribution in [-0.2, 0) is 6.54 Å². The Balaban J connectivity index is 1.62. The van der Waals surface area contributed by atoms with Crippen molar-refractivity contribution < 1.29 is 4.74 Å². The fourth-order valence-electron chi connectivity index (χ4n) is 2.82. The van der Waals surface area contributed by atoms with E-state index in [2.05, 4.69) is 23.1 Å². The molecule has 3 heteroatoms. The number of methoxy groups -OCH3 is 1. The summed E-state index contributed by atoms with van der Waals surface area (Å²) in [5.41, 5.74) is 7.25. The van der Waals surface area contributed by atoms with Gasteiger partial charge in [0.25, 0.3) is 0 Å². The molecule has 1 aromatic rings. The third-order valence-electron chi connectivity index (χ3n) is 3.88. The molecule has 1 aliphatic heterocycles. The van der Waals surface area contributed by atoms with Gasteiger partial charge in [0, 0.05) is 25.7 Å². The standard InChI is InChI=1S/C13H18N2O/c1-16-10-4-2-3-9(5-10)6-15-7-11-12(8-15)13(11)14/h2-5,11-13H,6-8,14H2,1H3. The minimum absolute atomic E-state index is 0.488. The number of likely N-dealkylation sites (tertiary alicyclic amines) is 1. The quantitative estimate of drug-likeness (QED) is 0.825. The van der Waals surface area contributed by atoms with E-state index in [0.29, 0.717) is 6.04 Å². The maximum absolute atomic E-state index is 5.93. The number of hydrogen-bond acceptors (Lipinski definition) is 3. The molecule has 0 aromatic heterocycles. The van der Waals surface area contributed by atoms with E-state index in [0.717, 1.165) is 24.1 Å². The lowest BCUT2D eigenvalue weighted by Crippen LogP contribution is -2.27. The summed E-state index contributed by atoms with van der Waals surface area (Å²) in [5, 5.41) is 0. The summed E-state index contributed by atoms with van der Waals surface area (Å²) < 4.78 is 5.23. The Bertz CT molecular complexity index is 381. The number of hydrogen-bond donors (Lipinski definition) is 1. The maximum atomic E-state index is 5.93. The first-order valence-electron chi connectivity index (χ1n) is 5.89. The summed E-state index contributed by atoms with van der Waals surface area (Å²) in [4.78, 5) is 2.49. The van der Waals surface area contributed by atoms with Gasteiger partial charge in [0.05, 0.1) is 7.11 Å². The first-order chi connectivity index (χ1) is 7.78. The molecule has 1 saturated carbocycles. The van der Waals surface area contributed by atoms with Crippen molar-refractivity contribution in [3.8, 4) is 5.75 Å². The van der Waals surface area contributed by atoms with E-state index in [4.69, 9.17) is 10.5 Å². The van der Waals surface area contributed by atoms with Gasteiger partial charge < -0.3 is 10.5 Å². The van der Waals surface area contributed by atoms with Crippen molar-refractivity contribution in [2.24, 2.45) is 17.6 Å². The van der Waals surface area contributed by atoms with E-state index in [1.54, 1.807) is 7.11 Å². The zero-order valence-corrected chi connectivity index (χ0v) is 9.60. The second-order valence-corrected chi connectivity index (χ2v) is 4.95. The van der Waals surface area contributed by atoms with E-state index in [9.17, 15) is 0 Å². The van der Waals surface area contributed by atoms with E-state index in [1.807, 2.05) is 6.07 Å². The maximum Gasteiger partial charge on any atom is 0.119 e. The van der Waals surface area contributed by atoms with Gasteiger partial charge in [-0.1, -0.05) is 12.1 Å². The molecule has 0 amide bonds. The Morgan fingerprint density at radius 3 is 2.81 bits per heavy atom. The van der Waals surface area contributed by atoms with E-state index in [-0.39, 0.29) is 0 Å². The Morgan fingerprint density at radius 1 is 1.38 bits per heavy atom. The number of piperidine rings is 1. The average molecular weight is 218 g/mol. The summed E-state index contributed by atoms with van der Waals surface area (Å²) in [6.07, 6.45) is 0. The molecule has 2 N–H and O–H groups in total. The molecule has 86 valence electrons. The van der Waals surface area contributed by atoms with Gasteiger partial charge in [-0.3, -0.25) is 4.90 Å². The molecule has 0 bridgehead atoms. The highest BCUT2D eigenvalue weighted by Crippen LogP contribution is 2.44. The lowest BCUT2D eigenvalue weighted by atomic mass is 10.2. The second kappa shape index (κ2) is 3.75. The van der Waals surface area contributed by atoms with Crippen molar-refractivity contribution in [3.63, 3.8) is 0 Å². The van der Waals surface area contributed by atoms with Crippen LogP contribution in [0.25, 0.3) is 0 Å². The summed E-state index contributed by atoms with van der Waals surface area (Å²) in [7, 11) is 1.71. The molecule has 3 nitrogen and oxygen atoms in total. The normalized spacial score (nSPS) is 32.5. The van der Waals surface area contributed by atoms with Crippen LogP contribution in [0, 0.1) is 11.8 Å². The average Bonchev–Trinajstić information content (AvgIpc) is 2.76. The molecule has 2 fully saturated rings. The summed E-state index contributed by atoms with van der Waals surface area (Å²) in [5.74, 6) is 2.48. The van der Waals surface area contributed by atoms with Crippen LogP contribution in [0.2, 0.25) is 0 Å². The molecule has 1 aliphatic carbocycles. The van der Waals surface area contributed by atoms with Gasteiger partial charge >= 0.3 is 0 Å². The lowest BCUT2D eigenvalue weighted by Gasteiger charge is -2.18. The number of nitrogens with zero attached hydrogens (tertiary/aromatic N) is 1. The molecule has 3 rings (SSSR count). The van der Waals surface area contributed by atoms with Crippen molar-refractivity contribution in [3.05, 3.63) is 29.8 Å². The number of ether oxygens (including phenoxy) is 1. The van der Waals surface area contributed by atoms with E-state index in [1.165, 1.54) is 18.7 Å². The van der Waals surface area contributed by atoms with Crippen LogP contribution in [0.4, 0.5) is 0 Å². The van der Waals surface area contributed by atoms with E-state index < -0.39 is 0 Å². The summed E-state index contributed by atoms with van der Waals surface area (Å²) in [6.45, 7) is 3.36. The van der Waals surface area contributed by atoms with E-state index >= 15 is 0 Å². The number of nitrogens with two attached hydrogens (primary N) is 1. The molecule has 1 heterocycles. The number of fused-ring (bicyclic) bond motifs is 1. The van der Waals surface area contributed by atoms with Crippen molar-refractivity contribution in [2.45, 2.75) is 12.6 Å². The predicted molar refractivity (Wildman–Crippen MR) is 63.2 cm³/mol. The fraction of sp³-hybridized carbons (Fsp3) is 0.538. The Morgan fingerprint density at radius 2 is 2.12 bits per heavy atom. The van der Waals surface area contributed by atoms with Gasteiger partial charge in [-0.25, -0.2) is 0 Å². The minimum Gasteiger partial charge on any atom is -0.497 e. The topological polar surface area (TPSA) is 38.5 Å². The molecular formula is C13H18N2O. The van der Waals surface area contributed by atoms with Gasteiger partial charge in [-0.2, -0.15) is 0 Å². The zero-order valence-electron chi connectivity index (χ0n) is 9.60. The lowest BCUT2D eigenvalue weighted by molar-refractivity contribution is 0.289. The molecule has 2 unspecified atom stereocenters. The molecule has 0 radical (unpaired) electrons. The molecule has 0 spiro atoms. The minimum atomic E-state index is 0.488. The summed E-state index contributed by atoms with van der Waals surface area (Å²) >= 11 is 0. The van der Waals surface area contributed by atoms with Gasteiger partial charge in [0.1, 0.15) is 5.75 Å². The van der Waals surface area contributed by atoms with Crippen LogP contribution in [0.5, 0.6) is 5.75 Å². The van der Waals surface area contributed by atoms with Crippen LogP contribution in [-0.4, -0.2) is 31.1 Å². The van der Waals surface area contributed by atoms with Gasteiger partial charge in [-0.05, 0) is 29.5 Å². The highest BCUT2D eigenvalue weighted by molar-refractivity contribution is 5.28. The van der Waals surface area contributed by atoms with Crippen molar-refractivity contribution in [1.82, 2.24) is 4.90 Å². The van der Waals surface area contributed by atoms with Crippen LogP contribution in [0.1, 0.15) is 5.56 Å². The predicted octanol–water partition coefficient (Wildman–Crippen LogP) is 1.08. The van der Waals surface area contributed by atoms with Crippen LogP contribution in [0.3, 0.4) is 0 Å². The molecular weight excluding hydrogens is 200 g/mol. The van der Waals surface area contributed by atoms with Crippen molar-refractivity contribution in [1.29, 1.82) is 0 Å². The number of benzene rings is 1. The Hall–Kier alpha value is -1.06. The molecule has 16 heavy (non-hydrogen) atoms. The number of rotatable bonds is 3. The first-order valence-corrected chi connectivity index (χ1v) is 5.89. The Kier molecular flexibility index (Phi) is 2.37. The second-order valence-electron chi connectivity index (χ2n) is 4.95. The zero-order chi connectivity index (χ0) is 11.1. The monoisotopic (exact) mass is 218 g/mol. The smallest absolute Gasteiger partial charge is 0.119 e. The highest BCUT2D eigenvalue weighted by Gasteiger charge is 2.53. The van der Waals surface area contributed by atoms with Crippen LogP contribution < -0.4 is 10.5 Å². The SMILES string of the molecule is COc1cccc(CN2CC3C(N)C3C2)c1. The third kappa shape index (κ3) is 1.70. The highest BCUT2D eigenvalue weighted by atomic mass is 16.5. The Labute approximate surface area is 96.2 Å². The van der Waals surface area contributed by atoms with Crippen LogP contribution >= 0.6 is 0 Å². The van der Waals surface area contributed by atoms with Crippen LogP contribution in [0.15, 0.2) is 24.3 Å².